The van der Waals surface area contributed by atoms with Crippen LogP contribution in [0.15, 0.2) is 30.3 Å². The van der Waals surface area contributed by atoms with Crippen LogP contribution in [0.5, 0.6) is 0 Å². The van der Waals surface area contributed by atoms with E-state index in [9.17, 15) is 0 Å². The van der Waals surface area contributed by atoms with Crippen molar-refractivity contribution in [3.05, 3.63) is 40.2 Å². The fourth-order valence-corrected chi connectivity index (χ4v) is 3.33. The summed E-state index contributed by atoms with van der Waals surface area (Å²) in [5.74, 6) is 0.394. The molecule has 0 aliphatic carbocycles. The number of rotatable bonds is 5. The van der Waals surface area contributed by atoms with Gasteiger partial charge in [-0.05, 0) is 5.92 Å². The molecule has 0 spiro atoms. The lowest BCUT2D eigenvalue weighted by molar-refractivity contribution is 0.0645. The molecule has 0 saturated carbocycles. The molecule has 19 heavy (non-hydrogen) atoms. The van der Waals surface area contributed by atoms with Gasteiger partial charge in [-0.2, -0.15) is 0 Å². The second-order valence-corrected chi connectivity index (χ2v) is 5.91. The summed E-state index contributed by atoms with van der Waals surface area (Å²) in [6.45, 7) is 4.79. The van der Waals surface area contributed by atoms with Crippen molar-refractivity contribution >= 4 is 11.3 Å². The minimum Gasteiger partial charge on any atom is -0.374 e. The Morgan fingerprint density at radius 2 is 1.95 bits per heavy atom. The summed E-state index contributed by atoms with van der Waals surface area (Å²) in [4.78, 5) is 5.87. The molecule has 4 heteroatoms. The predicted octanol–water partition coefficient (Wildman–Crippen LogP) is 3.61. The summed E-state index contributed by atoms with van der Waals surface area (Å²) in [5.41, 5.74) is 7.95. The quantitative estimate of drug-likeness (QED) is 0.907. The van der Waals surface area contributed by atoms with Crippen LogP contribution in [0.4, 0.5) is 0 Å². The summed E-state index contributed by atoms with van der Waals surface area (Å²) in [5, 5.41) is 1.01. The smallest absolute Gasteiger partial charge is 0.123 e. The Labute approximate surface area is 118 Å². The summed E-state index contributed by atoms with van der Waals surface area (Å²) >= 11 is 1.65. The van der Waals surface area contributed by atoms with Crippen LogP contribution in [0.1, 0.15) is 29.8 Å². The summed E-state index contributed by atoms with van der Waals surface area (Å²) < 4.78 is 5.55. The second-order valence-electron chi connectivity index (χ2n) is 4.79. The third-order valence-corrected chi connectivity index (χ3v) is 4.19. The number of methoxy groups -OCH3 is 1. The Balaban J connectivity index is 2.43. The van der Waals surface area contributed by atoms with Crippen molar-refractivity contribution in [3.8, 4) is 11.3 Å². The molecule has 0 fully saturated rings. The number of thiazole rings is 1. The Morgan fingerprint density at radius 3 is 2.47 bits per heavy atom. The molecule has 2 rings (SSSR count). The summed E-state index contributed by atoms with van der Waals surface area (Å²) in [6.07, 6.45) is 0.0350. The monoisotopic (exact) mass is 276 g/mol. The Morgan fingerprint density at radius 1 is 1.26 bits per heavy atom. The van der Waals surface area contributed by atoms with Crippen molar-refractivity contribution in [1.29, 1.82) is 0 Å². The van der Waals surface area contributed by atoms with E-state index in [1.54, 1.807) is 18.4 Å². The number of nitrogens with zero attached hydrogens (tertiary/aromatic N) is 1. The van der Waals surface area contributed by atoms with Crippen LogP contribution in [0.3, 0.4) is 0 Å². The number of nitrogens with two attached hydrogens (primary N) is 1. The molecular weight excluding hydrogens is 256 g/mol. The van der Waals surface area contributed by atoms with Gasteiger partial charge in [0.1, 0.15) is 11.1 Å². The van der Waals surface area contributed by atoms with E-state index < -0.39 is 0 Å². The van der Waals surface area contributed by atoms with Crippen LogP contribution in [-0.4, -0.2) is 12.1 Å². The molecule has 3 nitrogen and oxygen atoms in total. The summed E-state index contributed by atoms with van der Waals surface area (Å²) in [6, 6.07) is 10.2. The average Bonchev–Trinajstić information content (AvgIpc) is 2.84. The zero-order valence-corrected chi connectivity index (χ0v) is 12.4. The standard InChI is InChI=1S/C15H20N2OS/c1-10(2)14(18-3)15-17-13(12(9-16)19-15)11-7-5-4-6-8-11/h4-8,10,14H,9,16H2,1-3H3. The number of hydrogen-bond acceptors (Lipinski definition) is 4. The highest BCUT2D eigenvalue weighted by Gasteiger charge is 2.21. The zero-order valence-electron chi connectivity index (χ0n) is 11.6. The minimum absolute atomic E-state index is 0.0350. The molecule has 1 heterocycles. The molecule has 2 N–H and O–H groups in total. The molecule has 1 aromatic heterocycles. The van der Waals surface area contributed by atoms with E-state index in [0.717, 1.165) is 21.1 Å². The van der Waals surface area contributed by atoms with Gasteiger partial charge in [-0.25, -0.2) is 4.98 Å². The van der Waals surface area contributed by atoms with Gasteiger partial charge in [0.15, 0.2) is 0 Å². The van der Waals surface area contributed by atoms with Gasteiger partial charge in [-0.15, -0.1) is 11.3 Å². The van der Waals surface area contributed by atoms with E-state index in [2.05, 4.69) is 26.0 Å². The van der Waals surface area contributed by atoms with Crippen LogP contribution < -0.4 is 5.73 Å². The van der Waals surface area contributed by atoms with E-state index in [4.69, 9.17) is 15.5 Å². The molecule has 0 bridgehead atoms. The van der Waals surface area contributed by atoms with Crippen molar-refractivity contribution < 1.29 is 4.74 Å². The van der Waals surface area contributed by atoms with Gasteiger partial charge in [0.2, 0.25) is 0 Å². The maximum atomic E-state index is 5.85. The highest BCUT2D eigenvalue weighted by atomic mass is 32.1. The number of aromatic nitrogens is 1. The van der Waals surface area contributed by atoms with Crippen LogP contribution >= 0.6 is 11.3 Å². The minimum atomic E-state index is 0.0350. The number of hydrogen-bond donors (Lipinski definition) is 1. The second kappa shape index (κ2) is 6.28. The topological polar surface area (TPSA) is 48.1 Å². The van der Waals surface area contributed by atoms with Gasteiger partial charge in [0.05, 0.1) is 5.69 Å². The average molecular weight is 276 g/mol. The van der Waals surface area contributed by atoms with Gasteiger partial charge in [0, 0.05) is 24.1 Å². The summed E-state index contributed by atoms with van der Waals surface area (Å²) in [7, 11) is 1.73. The van der Waals surface area contributed by atoms with Crippen LogP contribution in [0, 0.1) is 5.92 Å². The highest BCUT2D eigenvalue weighted by Crippen LogP contribution is 2.34. The van der Waals surface area contributed by atoms with E-state index in [1.165, 1.54) is 0 Å². The van der Waals surface area contributed by atoms with E-state index in [1.807, 2.05) is 18.2 Å². The molecule has 2 aromatic rings. The molecule has 1 unspecified atom stereocenters. The maximum Gasteiger partial charge on any atom is 0.123 e. The first kappa shape index (κ1) is 14.2. The molecule has 1 aromatic carbocycles. The van der Waals surface area contributed by atoms with Crippen LogP contribution in [0.2, 0.25) is 0 Å². The fraction of sp³-hybridized carbons (Fsp3) is 0.400. The first-order valence-corrected chi connectivity index (χ1v) is 7.27. The Bertz CT molecular complexity index is 522. The first-order valence-electron chi connectivity index (χ1n) is 6.45. The van der Waals surface area contributed by atoms with Gasteiger partial charge in [-0.3, -0.25) is 0 Å². The fourth-order valence-electron chi connectivity index (χ4n) is 2.11. The maximum absolute atomic E-state index is 5.85. The van der Waals surface area contributed by atoms with Crippen molar-refractivity contribution in [2.75, 3.05) is 7.11 Å². The van der Waals surface area contributed by atoms with E-state index in [0.29, 0.717) is 12.5 Å². The van der Waals surface area contributed by atoms with Gasteiger partial charge in [-0.1, -0.05) is 44.2 Å². The molecule has 0 radical (unpaired) electrons. The third kappa shape index (κ3) is 3.03. The molecule has 0 saturated heterocycles. The first-order chi connectivity index (χ1) is 9.17. The van der Waals surface area contributed by atoms with E-state index in [-0.39, 0.29) is 6.10 Å². The lowest BCUT2D eigenvalue weighted by Gasteiger charge is -2.15. The molecule has 0 aliphatic heterocycles. The zero-order chi connectivity index (χ0) is 13.8. The van der Waals surface area contributed by atoms with Crippen molar-refractivity contribution in [1.82, 2.24) is 4.98 Å². The lowest BCUT2D eigenvalue weighted by Crippen LogP contribution is -2.08. The van der Waals surface area contributed by atoms with Gasteiger partial charge >= 0.3 is 0 Å². The van der Waals surface area contributed by atoms with Gasteiger partial charge in [0.25, 0.3) is 0 Å². The molecule has 0 amide bonds. The van der Waals surface area contributed by atoms with Crippen LogP contribution in [-0.2, 0) is 11.3 Å². The van der Waals surface area contributed by atoms with Gasteiger partial charge < -0.3 is 10.5 Å². The largest absolute Gasteiger partial charge is 0.374 e. The predicted molar refractivity (Wildman–Crippen MR) is 80.0 cm³/mol. The Hall–Kier alpha value is -1.23. The number of benzene rings is 1. The van der Waals surface area contributed by atoms with Crippen molar-refractivity contribution in [2.24, 2.45) is 11.7 Å². The number of ether oxygens (including phenoxy) is 1. The van der Waals surface area contributed by atoms with Crippen molar-refractivity contribution in [3.63, 3.8) is 0 Å². The molecule has 0 aliphatic rings. The van der Waals surface area contributed by atoms with Crippen LogP contribution in [0.25, 0.3) is 11.3 Å². The van der Waals surface area contributed by atoms with Crippen molar-refractivity contribution in [2.45, 2.75) is 26.5 Å². The molecule has 1 atom stereocenters. The lowest BCUT2D eigenvalue weighted by atomic mass is 10.1. The normalized spacial score (nSPS) is 12.9. The third-order valence-electron chi connectivity index (χ3n) is 3.05. The molecule has 102 valence electrons. The highest BCUT2D eigenvalue weighted by molar-refractivity contribution is 7.12. The SMILES string of the molecule is COC(c1nc(-c2ccccc2)c(CN)s1)C(C)C. The van der Waals surface area contributed by atoms with E-state index >= 15 is 0 Å². The molecular formula is C15H20N2OS. The Kier molecular flexibility index (Phi) is 4.69.